The van der Waals surface area contributed by atoms with Gasteiger partial charge in [0, 0.05) is 22.2 Å². The molecule has 0 amide bonds. The summed E-state index contributed by atoms with van der Waals surface area (Å²) in [4.78, 5) is 9.87. The molecular weight excluding hydrogens is 448 g/mol. The molecule has 4 aromatic carbocycles. The van der Waals surface area contributed by atoms with Gasteiger partial charge in [-0.25, -0.2) is 9.97 Å². The van der Waals surface area contributed by atoms with Gasteiger partial charge in [-0.2, -0.15) is 0 Å². The summed E-state index contributed by atoms with van der Waals surface area (Å²) in [5, 5.41) is 4.30. The minimum absolute atomic E-state index is 0.742. The van der Waals surface area contributed by atoms with Crippen LogP contribution < -0.4 is 0 Å². The fourth-order valence-electron chi connectivity index (χ4n) is 5.67. The summed E-state index contributed by atoms with van der Waals surface area (Å²) in [5.74, 6) is 0.775. The average Bonchev–Trinajstić information content (AvgIpc) is 2.92. The number of benzene rings is 4. The monoisotopic (exact) mass is 470 g/mol. The van der Waals surface area contributed by atoms with E-state index in [-0.39, 0.29) is 0 Å². The molecule has 0 atom stereocenters. The first-order valence-corrected chi connectivity index (χ1v) is 12.6. The summed E-state index contributed by atoms with van der Waals surface area (Å²) < 4.78 is 0. The van der Waals surface area contributed by atoms with Gasteiger partial charge in [0.25, 0.3) is 0 Å². The molecule has 0 fully saturated rings. The Balaban J connectivity index is 1.53. The molecule has 0 radical (unpaired) electrons. The van der Waals surface area contributed by atoms with Crippen molar-refractivity contribution < 1.29 is 0 Å². The fraction of sp³-hybridized carbons (Fsp3) is 0.125. The van der Waals surface area contributed by atoms with Crippen LogP contribution in [0.1, 0.15) is 30.4 Å². The number of nitrogens with zero attached hydrogens (tertiary/aromatic N) is 2. The topological polar surface area (TPSA) is 25.8 Å². The van der Waals surface area contributed by atoms with Crippen molar-refractivity contribution in [3.63, 3.8) is 0 Å². The molecule has 0 saturated heterocycles. The molecule has 0 aliphatic heterocycles. The van der Waals surface area contributed by atoms with E-state index in [9.17, 15) is 0 Å². The van der Waals surface area contributed by atoms with E-state index in [0.29, 0.717) is 0 Å². The largest absolute Gasteiger partial charge is 0.236 e. The van der Waals surface area contributed by atoms with E-state index in [1.165, 1.54) is 33.9 Å². The van der Waals surface area contributed by atoms with E-state index in [4.69, 9.17) is 21.6 Å². The number of allylic oxidation sites excluding steroid dienone is 4. The third-order valence-corrected chi connectivity index (χ3v) is 7.63. The smallest absolute Gasteiger partial charge is 0.160 e. The maximum atomic E-state index is 6.18. The summed E-state index contributed by atoms with van der Waals surface area (Å²) in [6, 6.07) is 25.4. The highest BCUT2D eigenvalue weighted by atomic mass is 35.5. The summed E-state index contributed by atoms with van der Waals surface area (Å²) in [6.07, 6.45) is 11.1. The van der Waals surface area contributed by atoms with Crippen molar-refractivity contribution in [2.45, 2.75) is 25.7 Å². The van der Waals surface area contributed by atoms with Gasteiger partial charge in [-0.05, 0) is 94.6 Å². The highest BCUT2D eigenvalue weighted by Crippen LogP contribution is 2.43. The van der Waals surface area contributed by atoms with Crippen LogP contribution in [0.4, 0.5) is 0 Å². The van der Waals surface area contributed by atoms with Gasteiger partial charge in [0.1, 0.15) is 0 Å². The number of halogens is 1. The molecule has 0 unspecified atom stereocenters. The van der Waals surface area contributed by atoms with Gasteiger partial charge in [0.15, 0.2) is 5.82 Å². The molecule has 1 aromatic heterocycles. The Morgan fingerprint density at radius 1 is 0.743 bits per heavy atom. The van der Waals surface area contributed by atoms with E-state index in [1.807, 2.05) is 30.5 Å². The zero-order valence-electron chi connectivity index (χ0n) is 19.3. The number of rotatable bonds is 2. The van der Waals surface area contributed by atoms with Crippen molar-refractivity contribution in [3.8, 4) is 22.5 Å². The Kier molecular flexibility index (Phi) is 4.82. The molecule has 168 valence electrons. The Morgan fingerprint density at radius 2 is 1.63 bits per heavy atom. The lowest BCUT2D eigenvalue weighted by Crippen LogP contribution is -2.08. The minimum Gasteiger partial charge on any atom is -0.236 e. The van der Waals surface area contributed by atoms with Crippen LogP contribution in [0.25, 0.3) is 49.8 Å². The Labute approximate surface area is 209 Å². The molecule has 0 spiro atoms. The molecule has 2 aliphatic rings. The third-order valence-electron chi connectivity index (χ3n) is 7.38. The van der Waals surface area contributed by atoms with Gasteiger partial charge < -0.3 is 0 Å². The number of para-hydroxylation sites is 1. The van der Waals surface area contributed by atoms with Crippen LogP contribution in [-0.4, -0.2) is 9.97 Å². The molecule has 35 heavy (non-hydrogen) atoms. The van der Waals surface area contributed by atoms with Gasteiger partial charge in [0.05, 0.1) is 5.52 Å². The molecule has 7 rings (SSSR count). The quantitative estimate of drug-likeness (QED) is 0.257. The third kappa shape index (κ3) is 3.48. The van der Waals surface area contributed by atoms with Gasteiger partial charge >= 0.3 is 0 Å². The highest BCUT2D eigenvalue weighted by Gasteiger charge is 2.23. The van der Waals surface area contributed by atoms with Crippen LogP contribution in [0.3, 0.4) is 0 Å². The lowest BCUT2D eigenvalue weighted by molar-refractivity contribution is 0.831. The Bertz CT molecular complexity index is 1690. The molecule has 0 bridgehead atoms. The number of fused-ring (bicyclic) bond motifs is 5. The molecule has 5 aromatic rings. The fourth-order valence-corrected chi connectivity index (χ4v) is 5.79. The highest BCUT2D eigenvalue weighted by molar-refractivity contribution is 6.30. The number of aromatic nitrogens is 2. The van der Waals surface area contributed by atoms with Crippen LogP contribution in [0, 0.1) is 0 Å². The molecule has 2 aliphatic carbocycles. The van der Waals surface area contributed by atoms with Crippen molar-refractivity contribution in [2.24, 2.45) is 0 Å². The standard InChI is InChI=1S/C32H23ClN2/c33-25-13-9-20(10-14-25)24-17-22-12-15-27-26-7-3-1-5-21(26)11-16-28(27)31(22)29(18-24)32-34-19-23-6-2-4-8-30(23)35-32/h2-4,6-10,12-15,17-19H,1,5,11,16H2. The number of hydrogen-bond donors (Lipinski definition) is 0. The first kappa shape index (κ1) is 20.6. The maximum Gasteiger partial charge on any atom is 0.160 e. The van der Waals surface area contributed by atoms with E-state index >= 15 is 0 Å². The van der Waals surface area contributed by atoms with E-state index in [0.717, 1.165) is 57.7 Å². The number of hydrogen-bond acceptors (Lipinski definition) is 2. The van der Waals surface area contributed by atoms with Crippen molar-refractivity contribution in [3.05, 3.63) is 113 Å². The van der Waals surface area contributed by atoms with Crippen LogP contribution in [-0.2, 0) is 6.42 Å². The van der Waals surface area contributed by atoms with Crippen molar-refractivity contribution in [2.75, 3.05) is 0 Å². The normalized spacial score (nSPS) is 14.9. The predicted octanol–water partition coefficient (Wildman–Crippen LogP) is 8.82. The summed E-state index contributed by atoms with van der Waals surface area (Å²) in [7, 11) is 0. The lowest BCUT2D eigenvalue weighted by Gasteiger charge is -2.26. The summed E-state index contributed by atoms with van der Waals surface area (Å²) >= 11 is 6.18. The summed E-state index contributed by atoms with van der Waals surface area (Å²) in [5.41, 5.74) is 10.2. The second-order valence-electron chi connectivity index (χ2n) is 9.43. The molecule has 1 heterocycles. The Hall–Kier alpha value is -3.75. The number of aryl methyl sites for hydroxylation is 1. The molecule has 0 saturated carbocycles. The van der Waals surface area contributed by atoms with Crippen LogP contribution in [0.5, 0.6) is 0 Å². The second-order valence-corrected chi connectivity index (χ2v) is 9.87. The zero-order valence-corrected chi connectivity index (χ0v) is 20.0. The average molecular weight is 471 g/mol. The van der Waals surface area contributed by atoms with Gasteiger partial charge in [-0.3, -0.25) is 0 Å². The van der Waals surface area contributed by atoms with Crippen molar-refractivity contribution in [1.82, 2.24) is 9.97 Å². The van der Waals surface area contributed by atoms with Crippen LogP contribution in [0.2, 0.25) is 5.02 Å². The van der Waals surface area contributed by atoms with Gasteiger partial charge in [-0.15, -0.1) is 0 Å². The minimum atomic E-state index is 0.742. The van der Waals surface area contributed by atoms with Crippen LogP contribution >= 0.6 is 11.6 Å². The first-order valence-electron chi connectivity index (χ1n) is 12.2. The molecule has 2 nitrogen and oxygen atoms in total. The molecular formula is C32H23ClN2. The molecule has 3 heteroatoms. The first-order chi connectivity index (χ1) is 17.2. The predicted molar refractivity (Wildman–Crippen MR) is 147 cm³/mol. The van der Waals surface area contributed by atoms with Crippen LogP contribution in [0.15, 0.2) is 96.7 Å². The zero-order chi connectivity index (χ0) is 23.4. The van der Waals surface area contributed by atoms with Gasteiger partial charge in [0.2, 0.25) is 0 Å². The maximum absolute atomic E-state index is 6.18. The van der Waals surface area contributed by atoms with E-state index < -0.39 is 0 Å². The lowest BCUT2D eigenvalue weighted by atomic mass is 9.78. The second kappa shape index (κ2) is 8.18. The van der Waals surface area contributed by atoms with E-state index in [1.54, 1.807) is 5.57 Å². The molecule has 0 N–H and O–H groups in total. The summed E-state index contributed by atoms with van der Waals surface area (Å²) in [6.45, 7) is 0. The van der Waals surface area contributed by atoms with Gasteiger partial charge in [-0.1, -0.05) is 71.8 Å². The van der Waals surface area contributed by atoms with E-state index in [2.05, 4.69) is 60.7 Å². The Morgan fingerprint density at radius 3 is 2.54 bits per heavy atom. The SMILES string of the molecule is Clc1ccc(-c2cc(-c3ncc4ccccc4n3)c3c4c(ccc3c2)C2=C(CCC=C2)CC4)cc1. The van der Waals surface area contributed by atoms with Crippen molar-refractivity contribution >= 4 is 38.8 Å². The van der Waals surface area contributed by atoms with Crippen molar-refractivity contribution in [1.29, 1.82) is 0 Å².